The average molecular weight is 964 g/mol. The van der Waals surface area contributed by atoms with E-state index in [1.807, 2.05) is 32.0 Å². The van der Waals surface area contributed by atoms with Crippen molar-refractivity contribution in [3.05, 3.63) is 131 Å². The van der Waals surface area contributed by atoms with Crippen molar-refractivity contribution < 1.29 is 48.5 Å². The van der Waals surface area contributed by atoms with Crippen molar-refractivity contribution in [1.82, 2.24) is 24.1 Å². The van der Waals surface area contributed by atoms with Crippen LogP contribution in [-0.4, -0.2) is 82.5 Å². The van der Waals surface area contributed by atoms with E-state index in [0.717, 1.165) is 35.9 Å². The van der Waals surface area contributed by atoms with Gasteiger partial charge in [-0.2, -0.15) is 0 Å². The van der Waals surface area contributed by atoms with Crippen LogP contribution in [0.25, 0.3) is 22.5 Å². The number of sulfone groups is 1. The number of amides is 2. The van der Waals surface area contributed by atoms with Gasteiger partial charge < -0.3 is 31.1 Å². The van der Waals surface area contributed by atoms with Gasteiger partial charge in [0.1, 0.15) is 0 Å². The van der Waals surface area contributed by atoms with E-state index >= 15 is 0 Å². The minimum atomic E-state index is -4.36. The number of nitrogen functional groups attached to an aromatic ring is 2. The number of nitrogens with zero attached hydrogens (tertiary/aromatic N) is 4. The van der Waals surface area contributed by atoms with Gasteiger partial charge in [-0.15, -0.1) is 4.13 Å². The summed E-state index contributed by atoms with van der Waals surface area (Å²) in [4.78, 5) is 42.7. The highest BCUT2D eigenvalue weighted by atomic mass is 32.3. The second kappa shape index (κ2) is 19.3. The first-order valence-electron chi connectivity index (χ1n) is 19.1. The monoisotopic (exact) mass is 963 g/mol. The Bertz CT molecular complexity index is 3180. The third kappa shape index (κ3) is 12.2. The summed E-state index contributed by atoms with van der Waals surface area (Å²) >= 11 is 0. The summed E-state index contributed by atoms with van der Waals surface area (Å²) in [6.45, 7) is 3.71. The van der Waals surface area contributed by atoms with Gasteiger partial charge in [0.25, 0.3) is 21.8 Å². The molecule has 1 unspecified atom stereocenters. The Labute approximate surface area is 374 Å². The maximum Gasteiger partial charge on any atom is 0.345 e. The van der Waals surface area contributed by atoms with Crippen molar-refractivity contribution in [3.8, 4) is 22.5 Å². The summed E-state index contributed by atoms with van der Waals surface area (Å²) in [5.74, 6) is -1.69. The summed E-state index contributed by atoms with van der Waals surface area (Å²) in [5.41, 5.74) is 15.8. The van der Waals surface area contributed by atoms with Crippen LogP contribution in [0.5, 0.6) is 0 Å². The van der Waals surface area contributed by atoms with E-state index in [1.165, 1.54) is 48.8 Å². The van der Waals surface area contributed by atoms with Gasteiger partial charge in [0, 0.05) is 29.6 Å². The van der Waals surface area contributed by atoms with Crippen LogP contribution < -0.4 is 26.2 Å². The van der Waals surface area contributed by atoms with E-state index in [-0.39, 0.29) is 62.9 Å². The number of aryl methyl sites for hydroxylation is 2. The largest absolute Gasteiger partial charge is 0.382 e. The molecule has 4 aromatic carbocycles. The standard InChI is InChI=1S/C41H42N9O11PS3/c1-25-5-18-33(26(2)21-25)35-23-45-39(43)37(49-35)41(52)46-29-10-14-31(15-11-29)64(56,57)24-62(53,60-3)61-20-19-27-6-8-28(9-7-27)34-22-44-38(42)36(48-34)40(51)47-30-12-16-32(17-13-30)65(58,59)50-63(4,54)55/h5-18,21-23,50H,19-20,24H2,1-4H3,(H2,42,44)(H2,43,45)(H,46,52)(H,47,51). The van der Waals surface area contributed by atoms with Crippen LogP contribution in [0.1, 0.15) is 37.7 Å². The Hall–Kier alpha value is -6.46. The number of carbonyl (C=O) groups is 2. The zero-order chi connectivity index (χ0) is 47.3. The maximum absolute atomic E-state index is 13.5. The quantitative estimate of drug-likeness (QED) is 0.0755. The van der Waals surface area contributed by atoms with Crippen molar-refractivity contribution >= 4 is 72.3 Å². The van der Waals surface area contributed by atoms with Crippen LogP contribution in [0.15, 0.2) is 113 Å². The number of carbonyl (C=O) groups excluding carboxylic acids is 2. The molecule has 24 heteroatoms. The molecule has 0 aliphatic heterocycles. The zero-order valence-electron chi connectivity index (χ0n) is 35.0. The van der Waals surface area contributed by atoms with Gasteiger partial charge >= 0.3 is 7.60 Å². The van der Waals surface area contributed by atoms with E-state index < -0.39 is 54.8 Å². The molecular formula is C41H42N9O11PS3. The number of nitrogens with one attached hydrogen (secondary N) is 3. The van der Waals surface area contributed by atoms with Crippen molar-refractivity contribution in [3.63, 3.8) is 0 Å². The van der Waals surface area contributed by atoms with Crippen molar-refractivity contribution in [2.45, 2.75) is 30.1 Å². The van der Waals surface area contributed by atoms with Gasteiger partial charge in [0.05, 0.1) is 46.4 Å². The minimum absolute atomic E-state index is 0.0913. The number of sulfonamides is 2. The highest BCUT2D eigenvalue weighted by Gasteiger charge is 2.32. The van der Waals surface area contributed by atoms with Gasteiger partial charge in [0.15, 0.2) is 38.4 Å². The summed E-state index contributed by atoms with van der Waals surface area (Å²) < 4.78 is 99.7. The third-order valence-corrected chi connectivity index (χ3v) is 17.1. The van der Waals surface area contributed by atoms with Crippen LogP contribution in [0, 0.1) is 13.8 Å². The van der Waals surface area contributed by atoms with E-state index in [1.54, 1.807) is 28.4 Å². The molecule has 0 bridgehead atoms. The Morgan fingerprint density at radius 3 is 1.75 bits per heavy atom. The summed E-state index contributed by atoms with van der Waals surface area (Å²) in [5, 5.41) is 5.18. The fourth-order valence-electron chi connectivity index (χ4n) is 6.16. The summed E-state index contributed by atoms with van der Waals surface area (Å²) in [6, 6.07) is 22.5. The zero-order valence-corrected chi connectivity index (χ0v) is 38.4. The molecule has 65 heavy (non-hydrogen) atoms. The molecule has 0 saturated heterocycles. The molecule has 7 N–H and O–H groups in total. The van der Waals surface area contributed by atoms with Crippen LogP contribution in [0.4, 0.5) is 23.0 Å². The highest BCUT2D eigenvalue weighted by molar-refractivity contribution is 8.04. The van der Waals surface area contributed by atoms with E-state index in [0.29, 0.717) is 23.1 Å². The van der Waals surface area contributed by atoms with Crippen LogP contribution in [-0.2, 0) is 49.9 Å². The smallest absolute Gasteiger partial charge is 0.345 e. The molecule has 0 radical (unpaired) electrons. The number of rotatable bonds is 17. The lowest BCUT2D eigenvalue weighted by molar-refractivity contribution is 0.101. The van der Waals surface area contributed by atoms with Crippen molar-refractivity contribution in [2.75, 3.05) is 47.6 Å². The molecule has 0 fully saturated rings. The number of hydrogen-bond donors (Lipinski definition) is 5. The molecular weight excluding hydrogens is 922 g/mol. The fraction of sp³-hybridized carbons (Fsp3) is 0.171. The predicted octanol–water partition coefficient (Wildman–Crippen LogP) is 4.95. The van der Waals surface area contributed by atoms with Gasteiger partial charge in [-0.3, -0.25) is 14.2 Å². The molecule has 0 spiro atoms. The molecule has 6 rings (SSSR count). The Morgan fingerprint density at radius 2 is 1.23 bits per heavy atom. The maximum atomic E-state index is 13.5. The summed E-state index contributed by atoms with van der Waals surface area (Å²) in [6.07, 6.45) is 3.74. The Balaban J connectivity index is 1.03. The molecule has 2 aromatic heterocycles. The Morgan fingerprint density at radius 1 is 0.708 bits per heavy atom. The molecule has 0 aliphatic rings. The molecule has 2 amide bonds. The highest BCUT2D eigenvalue weighted by Crippen LogP contribution is 2.49. The number of nitrogens with two attached hydrogens (primary N) is 2. The van der Waals surface area contributed by atoms with Crippen molar-refractivity contribution in [1.29, 1.82) is 0 Å². The van der Waals surface area contributed by atoms with Gasteiger partial charge in [-0.1, -0.05) is 48.0 Å². The SMILES string of the molecule is COP(=O)(CS(=O)(=O)c1ccc(NC(=O)c2nc(-c3ccc(C)cc3C)cnc2N)cc1)OCCc1ccc(-c2cnc(N)c(C(=O)Nc3ccc(S(=O)(=O)NS(C)(=O)=O)cc3)n2)cc1. The topological polar surface area (TPSA) is 312 Å². The van der Waals surface area contributed by atoms with Gasteiger partial charge in [-0.25, -0.2) is 45.2 Å². The van der Waals surface area contributed by atoms with E-state index in [4.69, 9.17) is 20.5 Å². The fourth-order valence-corrected chi connectivity index (χ4v) is 12.6. The molecule has 20 nitrogen and oxygen atoms in total. The first-order chi connectivity index (χ1) is 30.5. The Kier molecular flexibility index (Phi) is 14.3. The second-order valence-corrected chi connectivity index (χ2v) is 22.7. The van der Waals surface area contributed by atoms with Crippen LogP contribution in [0.3, 0.4) is 0 Å². The lowest BCUT2D eigenvalue weighted by Crippen LogP contribution is -2.29. The number of benzene rings is 4. The van der Waals surface area contributed by atoms with Gasteiger partial charge in [-0.05, 0) is 79.9 Å². The molecule has 0 saturated carbocycles. The van der Waals surface area contributed by atoms with Gasteiger partial charge in [0.2, 0.25) is 10.0 Å². The van der Waals surface area contributed by atoms with E-state index in [9.17, 15) is 39.4 Å². The number of anilines is 4. The predicted molar refractivity (Wildman–Crippen MR) is 244 cm³/mol. The molecule has 0 aliphatic carbocycles. The molecule has 340 valence electrons. The molecule has 6 aromatic rings. The lowest BCUT2D eigenvalue weighted by atomic mass is 10.0. The number of aromatic nitrogens is 4. The van der Waals surface area contributed by atoms with E-state index in [2.05, 4.69) is 30.6 Å². The summed E-state index contributed by atoms with van der Waals surface area (Å²) in [7, 11) is -15.7. The minimum Gasteiger partial charge on any atom is -0.382 e. The molecule has 2 heterocycles. The third-order valence-electron chi connectivity index (χ3n) is 9.38. The normalized spacial score (nSPS) is 12.9. The average Bonchev–Trinajstić information content (AvgIpc) is 3.24. The van der Waals surface area contributed by atoms with Crippen LogP contribution >= 0.6 is 7.60 Å². The van der Waals surface area contributed by atoms with Crippen molar-refractivity contribution in [2.24, 2.45) is 0 Å². The lowest BCUT2D eigenvalue weighted by Gasteiger charge is -2.17. The first-order valence-corrected chi connectivity index (χ1v) is 25.8. The van der Waals surface area contributed by atoms with Crippen LogP contribution in [0.2, 0.25) is 0 Å². The first kappa shape index (κ1) is 48.0. The number of hydrogen-bond acceptors (Lipinski definition) is 17. The molecule has 1 atom stereocenters. The second-order valence-electron chi connectivity index (χ2n) is 14.4.